The third-order valence-electron chi connectivity index (χ3n) is 4.73. The number of anilines is 1. The van der Waals surface area contributed by atoms with Crippen molar-refractivity contribution in [2.75, 3.05) is 11.9 Å². The van der Waals surface area contributed by atoms with E-state index in [1.807, 2.05) is 29.8 Å². The van der Waals surface area contributed by atoms with Crippen LogP contribution >= 0.6 is 27.5 Å². The lowest BCUT2D eigenvalue weighted by Gasteiger charge is -2.12. The van der Waals surface area contributed by atoms with Gasteiger partial charge in [-0.25, -0.2) is 4.68 Å². The van der Waals surface area contributed by atoms with Gasteiger partial charge < -0.3 is 5.32 Å². The van der Waals surface area contributed by atoms with Crippen molar-refractivity contribution in [3.8, 4) is 16.9 Å². The molecule has 0 fully saturated rings. The van der Waals surface area contributed by atoms with Crippen LogP contribution in [-0.2, 0) is 6.42 Å². The minimum atomic E-state index is 0.762. The van der Waals surface area contributed by atoms with Crippen LogP contribution in [0, 0.1) is 6.92 Å². The van der Waals surface area contributed by atoms with E-state index in [-0.39, 0.29) is 0 Å². The zero-order valence-electron chi connectivity index (χ0n) is 14.0. The standard InChI is InChI=1S/C20H19BrClN3/c1-13-17(22)10-6-11-18(13)25-20-15(8-4-5-12-23-20)19(24-25)14-7-2-3-9-16(14)21/h2-3,6-7,9-11,23H,4-5,8,12H2,1H3. The molecule has 1 aliphatic rings. The average molecular weight is 417 g/mol. The van der Waals surface area contributed by atoms with Crippen LogP contribution in [0.15, 0.2) is 46.9 Å². The van der Waals surface area contributed by atoms with Crippen molar-refractivity contribution in [3.63, 3.8) is 0 Å². The van der Waals surface area contributed by atoms with Crippen LogP contribution in [0.3, 0.4) is 0 Å². The van der Waals surface area contributed by atoms with Gasteiger partial charge in [0, 0.05) is 27.2 Å². The van der Waals surface area contributed by atoms with Gasteiger partial charge in [-0.15, -0.1) is 0 Å². The highest BCUT2D eigenvalue weighted by atomic mass is 79.9. The third kappa shape index (κ3) is 2.98. The summed E-state index contributed by atoms with van der Waals surface area (Å²) >= 11 is 10.0. The van der Waals surface area contributed by atoms with Gasteiger partial charge in [0.15, 0.2) is 0 Å². The maximum absolute atomic E-state index is 6.36. The molecule has 1 aliphatic heterocycles. The first kappa shape index (κ1) is 16.7. The van der Waals surface area contributed by atoms with Gasteiger partial charge in [0.1, 0.15) is 5.82 Å². The topological polar surface area (TPSA) is 29.9 Å². The van der Waals surface area contributed by atoms with Crippen molar-refractivity contribution in [2.24, 2.45) is 0 Å². The van der Waals surface area contributed by atoms with Crippen LogP contribution in [0.4, 0.5) is 5.82 Å². The van der Waals surface area contributed by atoms with Crippen molar-refractivity contribution in [2.45, 2.75) is 26.2 Å². The van der Waals surface area contributed by atoms with Crippen molar-refractivity contribution >= 4 is 33.3 Å². The van der Waals surface area contributed by atoms with E-state index in [4.69, 9.17) is 16.7 Å². The summed E-state index contributed by atoms with van der Waals surface area (Å²) in [5, 5.41) is 9.35. The van der Waals surface area contributed by atoms with Crippen LogP contribution in [0.25, 0.3) is 16.9 Å². The first-order valence-corrected chi connectivity index (χ1v) is 9.70. The number of rotatable bonds is 2. The molecule has 4 rings (SSSR count). The quantitative estimate of drug-likeness (QED) is 0.554. The van der Waals surface area contributed by atoms with Crippen LogP contribution in [0.2, 0.25) is 5.02 Å². The SMILES string of the molecule is Cc1c(Cl)cccc1-n1nc(-c2ccccc2Br)c2c1NCCCC2. The molecule has 0 atom stereocenters. The molecule has 3 nitrogen and oxygen atoms in total. The average Bonchev–Trinajstić information content (AvgIpc) is 2.79. The molecule has 2 heterocycles. The van der Waals surface area contributed by atoms with Gasteiger partial charge in [0.05, 0.1) is 11.4 Å². The number of benzene rings is 2. The van der Waals surface area contributed by atoms with Gasteiger partial charge in [0.2, 0.25) is 0 Å². The molecule has 2 aromatic carbocycles. The number of nitrogens with one attached hydrogen (secondary N) is 1. The van der Waals surface area contributed by atoms with E-state index < -0.39 is 0 Å². The van der Waals surface area contributed by atoms with E-state index >= 15 is 0 Å². The molecule has 0 aliphatic carbocycles. The Balaban J connectivity index is 1.97. The Morgan fingerprint density at radius 2 is 1.96 bits per heavy atom. The highest BCUT2D eigenvalue weighted by Crippen LogP contribution is 2.37. The van der Waals surface area contributed by atoms with Gasteiger partial charge >= 0.3 is 0 Å². The lowest BCUT2D eigenvalue weighted by Crippen LogP contribution is -2.08. The molecule has 0 amide bonds. The number of fused-ring (bicyclic) bond motifs is 1. The number of halogens is 2. The van der Waals surface area contributed by atoms with Crippen LogP contribution in [-0.4, -0.2) is 16.3 Å². The van der Waals surface area contributed by atoms with Crippen LogP contribution < -0.4 is 5.32 Å². The second-order valence-corrected chi connectivity index (χ2v) is 7.60. The summed E-state index contributed by atoms with van der Waals surface area (Å²) in [7, 11) is 0. The molecular weight excluding hydrogens is 398 g/mol. The highest BCUT2D eigenvalue weighted by molar-refractivity contribution is 9.10. The Labute approximate surface area is 161 Å². The summed E-state index contributed by atoms with van der Waals surface area (Å²) in [5.74, 6) is 1.09. The van der Waals surface area contributed by atoms with E-state index in [1.165, 1.54) is 12.0 Å². The maximum atomic E-state index is 6.36. The number of hydrogen-bond donors (Lipinski definition) is 1. The Morgan fingerprint density at radius 3 is 2.80 bits per heavy atom. The molecule has 0 bridgehead atoms. The first-order chi connectivity index (χ1) is 12.2. The second-order valence-electron chi connectivity index (χ2n) is 6.34. The molecule has 0 radical (unpaired) electrons. The molecule has 1 aromatic heterocycles. The zero-order chi connectivity index (χ0) is 17.4. The normalized spacial score (nSPS) is 13.9. The number of aromatic nitrogens is 2. The molecular formula is C20H19BrClN3. The largest absolute Gasteiger partial charge is 0.370 e. The molecule has 3 aromatic rings. The summed E-state index contributed by atoms with van der Waals surface area (Å²) in [6, 6.07) is 14.2. The van der Waals surface area contributed by atoms with Crippen LogP contribution in [0.1, 0.15) is 24.0 Å². The Kier molecular flexibility index (Phi) is 4.57. The predicted octanol–water partition coefficient (Wildman–Crippen LogP) is 6.01. The van der Waals surface area contributed by atoms with Crippen LogP contribution in [0.5, 0.6) is 0 Å². The summed E-state index contributed by atoms with van der Waals surface area (Å²) < 4.78 is 3.09. The second kappa shape index (κ2) is 6.85. The Bertz CT molecular complexity index is 933. The predicted molar refractivity (Wildman–Crippen MR) is 108 cm³/mol. The minimum absolute atomic E-state index is 0.762. The van der Waals surface area contributed by atoms with Gasteiger partial charge in [-0.2, -0.15) is 5.10 Å². The van der Waals surface area contributed by atoms with E-state index in [9.17, 15) is 0 Å². The first-order valence-electron chi connectivity index (χ1n) is 8.53. The molecule has 0 spiro atoms. The van der Waals surface area contributed by atoms with Crippen molar-refractivity contribution in [1.29, 1.82) is 0 Å². The van der Waals surface area contributed by atoms with Gasteiger partial charge in [-0.3, -0.25) is 0 Å². The van der Waals surface area contributed by atoms with Gasteiger partial charge in [0.25, 0.3) is 0 Å². The van der Waals surface area contributed by atoms with E-state index in [2.05, 4.69) is 45.5 Å². The summed E-state index contributed by atoms with van der Waals surface area (Å²) in [6.07, 6.45) is 3.36. The number of hydrogen-bond acceptors (Lipinski definition) is 2. The fourth-order valence-electron chi connectivity index (χ4n) is 3.37. The Morgan fingerprint density at radius 1 is 1.12 bits per heavy atom. The molecule has 0 saturated heterocycles. The molecule has 0 saturated carbocycles. The Hall–Kier alpha value is -1.78. The van der Waals surface area contributed by atoms with E-state index in [1.54, 1.807) is 0 Å². The fraction of sp³-hybridized carbons (Fsp3) is 0.250. The molecule has 0 unspecified atom stereocenters. The summed E-state index contributed by atoms with van der Waals surface area (Å²) in [4.78, 5) is 0. The monoisotopic (exact) mass is 415 g/mol. The van der Waals surface area contributed by atoms with Gasteiger partial charge in [-0.05, 0) is 49.9 Å². The third-order valence-corrected chi connectivity index (χ3v) is 5.83. The minimum Gasteiger partial charge on any atom is -0.370 e. The van der Waals surface area contributed by atoms with Crippen molar-refractivity contribution in [3.05, 3.63) is 63.1 Å². The van der Waals surface area contributed by atoms with Crippen molar-refractivity contribution < 1.29 is 0 Å². The van der Waals surface area contributed by atoms with E-state index in [0.29, 0.717) is 0 Å². The molecule has 1 N–H and O–H groups in total. The smallest absolute Gasteiger partial charge is 0.133 e. The van der Waals surface area contributed by atoms with E-state index in [0.717, 1.165) is 57.2 Å². The molecule has 25 heavy (non-hydrogen) atoms. The highest BCUT2D eigenvalue weighted by Gasteiger charge is 2.23. The van der Waals surface area contributed by atoms with Gasteiger partial charge in [-0.1, -0.05) is 51.8 Å². The summed E-state index contributed by atoms with van der Waals surface area (Å²) in [6.45, 7) is 3.01. The lowest BCUT2D eigenvalue weighted by atomic mass is 10.0. The molecule has 5 heteroatoms. The fourth-order valence-corrected chi connectivity index (χ4v) is 4.01. The number of nitrogens with zero attached hydrogens (tertiary/aromatic N) is 2. The zero-order valence-corrected chi connectivity index (χ0v) is 16.4. The van der Waals surface area contributed by atoms with Crippen molar-refractivity contribution in [1.82, 2.24) is 9.78 Å². The summed E-state index contributed by atoms with van der Waals surface area (Å²) in [5.41, 5.74) is 5.51. The maximum Gasteiger partial charge on any atom is 0.133 e. The lowest BCUT2D eigenvalue weighted by molar-refractivity contribution is 0.779. The molecule has 128 valence electrons.